The van der Waals surface area contributed by atoms with Gasteiger partial charge in [-0.05, 0) is 25.8 Å². The van der Waals surface area contributed by atoms with E-state index >= 15 is 0 Å². The van der Waals surface area contributed by atoms with Crippen LogP contribution in [0.5, 0.6) is 0 Å². The average Bonchev–Trinajstić information content (AvgIpc) is 3.04. The van der Waals surface area contributed by atoms with Crippen molar-refractivity contribution in [1.82, 2.24) is 29.3 Å². The molecule has 3 heterocycles. The molecule has 8 nitrogen and oxygen atoms in total. The zero-order chi connectivity index (χ0) is 20.6. The fourth-order valence-electron chi connectivity index (χ4n) is 3.10. The Hall–Kier alpha value is -3.11. The van der Waals surface area contributed by atoms with Gasteiger partial charge in [0.15, 0.2) is 5.69 Å². The van der Waals surface area contributed by atoms with E-state index < -0.39 is 17.8 Å². The van der Waals surface area contributed by atoms with Gasteiger partial charge in [0, 0.05) is 36.1 Å². The van der Waals surface area contributed by atoms with Gasteiger partial charge >= 0.3 is 6.18 Å². The number of halogens is 3. The Kier molecular flexibility index (Phi) is 4.89. The molecule has 11 heteroatoms. The number of hydrogen-bond acceptors (Lipinski definition) is 4. The Morgan fingerprint density at radius 1 is 1.21 bits per heavy atom. The van der Waals surface area contributed by atoms with Gasteiger partial charge in [-0.25, -0.2) is 0 Å². The highest BCUT2D eigenvalue weighted by molar-refractivity contribution is 5.90. The van der Waals surface area contributed by atoms with Crippen LogP contribution in [0.2, 0.25) is 0 Å². The van der Waals surface area contributed by atoms with Crippen LogP contribution in [-0.4, -0.2) is 35.2 Å². The number of carbonyl (C=O) groups excluding carboxylic acids is 1. The summed E-state index contributed by atoms with van der Waals surface area (Å²) in [4.78, 5) is 12.3. The Labute approximate surface area is 164 Å². The zero-order valence-electron chi connectivity index (χ0n) is 15.7. The van der Waals surface area contributed by atoms with Crippen LogP contribution in [-0.2, 0) is 30.6 Å². The zero-order valence-corrected chi connectivity index (χ0v) is 15.7. The first-order valence-corrected chi connectivity index (χ1v) is 9.30. The first-order valence-electron chi connectivity index (χ1n) is 9.30. The van der Waals surface area contributed by atoms with Crippen LogP contribution >= 0.6 is 0 Å². The first-order chi connectivity index (χ1) is 13.8. The van der Waals surface area contributed by atoms with Crippen LogP contribution in [0.4, 0.5) is 18.9 Å². The molecule has 0 spiro atoms. The topological polar surface area (TPSA) is 82.6 Å². The summed E-state index contributed by atoms with van der Waals surface area (Å²) in [6, 6.07) is 1.04. The van der Waals surface area contributed by atoms with Gasteiger partial charge in [-0.3, -0.25) is 18.8 Å². The minimum Gasteiger partial charge on any atom is -0.322 e. The standard InChI is InChI=1S/C18H20F3N7O/c1-2-26-8-12(6-22-26)9-27-10-14(7-23-27)24-17(29)11-28-15(13-3-4-13)5-16(25-28)18(19,20)21/h5-8,10,13H,2-4,9,11H2,1H3,(H,24,29). The summed E-state index contributed by atoms with van der Waals surface area (Å²) in [5.74, 6) is -0.416. The number of anilines is 1. The number of aromatic nitrogens is 6. The van der Waals surface area contributed by atoms with Gasteiger partial charge in [-0.1, -0.05) is 0 Å². The lowest BCUT2D eigenvalue weighted by molar-refractivity contribution is -0.141. The molecule has 1 aliphatic carbocycles. The monoisotopic (exact) mass is 407 g/mol. The van der Waals surface area contributed by atoms with E-state index in [0.29, 0.717) is 17.9 Å². The normalized spacial score (nSPS) is 14.3. The SMILES string of the molecule is CCn1cc(Cn2cc(NC(=O)Cn3nc(C(F)(F)F)cc3C3CC3)cn2)cn1. The molecule has 154 valence electrons. The Bertz CT molecular complexity index is 1010. The van der Waals surface area contributed by atoms with Crippen LogP contribution in [0, 0.1) is 0 Å². The molecule has 0 radical (unpaired) electrons. The summed E-state index contributed by atoms with van der Waals surface area (Å²) in [7, 11) is 0. The van der Waals surface area contributed by atoms with Gasteiger partial charge in [0.05, 0.1) is 24.6 Å². The second-order valence-corrected chi connectivity index (χ2v) is 7.06. The van der Waals surface area contributed by atoms with Crippen molar-refractivity contribution in [2.45, 2.75) is 51.5 Å². The molecular formula is C18H20F3N7O. The smallest absolute Gasteiger partial charge is 0.322 e. The van der Waals surface area contributed by atoms with Crippen molar-refractivity contribution in [2.75, 3.05) is 5.32 Å². The van der Waals surface area contributed by atoms with Crippen molar-refractivity contribution >= 4 is 11.6 Å². The van der Waals surface area contributed by atoms with Crippen molar-refractivity contribution < 1.29 is 18.0 Å². The molecule has 0 unspecified atom stereocenters. The van der Waals surface area contributed by atoms with Gasteiger partial charge in [0.25, 0.3) is 0 Å². The maximum Gasteiger partial charge on any atom is 0.435 e. The van der Waals surface area contributed by atoms with Crippen molar-refractivity contribution in [1.29, 1.82) is 0 Å². The van der Waals surface area contributed by atoms with E-state index in [1.165, 1.54) is 6.20 Å². The maximum atomic E-state index is 13.0. The molecule has 0 aliphatic heterocycles. The van der Waals surface area contributed by atoms with Crippen molar-refractivity contribution in [3.63, 3.8) is 0 Å². The molecule has 0 saturated heterocycles. The first kappa shape index (κ1) is 19.2. The highest BCUT2D eigenvalue weighted by atomic mass is 19.4. The quantitative estimate of drug-likeness (QED) is 0.653. The minimum atomic E-state index is -4.53. The Morgan fingerprint density at radius 3 is 2.62 bits per heavy atom. The van der Waals surface area contributed by atoms with Crippen LogP contribution in [0.15, 0.2) is 30.9 Å². The summed E-state index contributed by atoms with van der Waals surface area (Å²) in [6.45, 7) is 2.98. The largest absolute Gasteiger partial charge is 0.435 e. The van der Waals surface area contributed by atoms with Crippen LogP contribution < -0.4 is 5.32 Å². The van der Waals surface area contributed by atoms with Crippen LogP contribution in [0.25, 0.3) is 0 Å². The number of nitrogens with one attached hydrogen (secondary N) is 1. The van der Waals surface area contributed by atoms with Gasteiger partial charge in [-0.15, -0.1) is 0 Å². The second kappa shape index (κ2) is 7.37. The minimum absolute atomic E-state index is 0.0400. The average molecular weight is 407 g/mol. The van der Waals surface area contributed by atoms with E-state index in [1.807, 2.05) is 13.1 Å². The maximum absolute atomic E-state index is 13.0. The number of rotatable bonds is 7. The summed E-state index contributed by atoms with van der Waals surface area (Å²) in [5.41, 5.74) is 0.927. The Morgan fingerprint density at radius 2 is 1.97 bits per heavy atom. The number of nitrogens with zero attached hydrogens (tertiary/aromatic N) is 6. The molecule has 1 aliphatic rings. The summed E-state index contributed by atoms with van der Waals surface area (Å²) in [5, 5.41) is 14.6. The third-order valence-electron chi connectivity index (χ3n) is 4.66. The predicted octanol–water partition coefficient (Wildman–Crippen LogP) is 2.88. The van der Waals surface area contributed by atoms with Gasteiger partial charge in [0.1, 0.15) is 6.54 Å². The van der Waals surface area contributed by atoms with Gasteiger partial charge < -0.3 is 5.32 Å². The third-order valence-corrected chi connectivity index (χ3v) is 4.66. The van der Waals surface area contributed by atoms with Gasteiger partial charge in [-0.2, -0.15) is 28.5 Å². The van der Waals surface area contributed by atoms with E-state index in [1.54, 1.807) is 21.8 Å². The number of amides is 1. The van der Waals surface area contributed by atoms with E-state index in [0.717, 1.165) is 35.7 Å². The van der Waals surface area contributed by atoms with Crippen LogP contribution in [0.3, 0.4) is 0 Å². The number of aryl methyl sites for hydroxylation is 1. The van der Waals surface area contributed by atoms with E-state index in [4.69, 9.17) is 0 Å². The summed E-state index contributed by atoms with van der Waals surface area (Å²) < 4.78 is 43.5. The summed E-state index contributed by atoms with van der Waals surface area (Å²) >= 11 is 0. The fraction of sp³-hybridized carbons (Fsp3) is 0.444. The molecule has 0 aromatic carbocycles. The molecule has 0 atom stereocenters. The van der Waals surface area contributed by atoms with E-state index in [9.17, 15) is 18.0 Å². The van der Waals surface area contributed by atoms with Gasteiger partial charge in [0.2, 0.25) is 5.91 Å². The highest BCUT2D eigenvalue weighted by Crippen LogP contribution is 2.42. The molecule has 3 aromatic heterocycles. The fourth-order valence-corrected chi connectivity index (χ4v) is 3.10. The lowest BCUT2D eigenvalue weighted by Crippen LogP contribution is -2.21. The van der Waals surface area contributed by atoms with E-state index in [-0.39, 0.29) is 12.5 Å². The molecule has 1 saturated carbocycles. The lowest BCUT2D eigenvalue weighted by atomic mass is 10.2. The Balaban J connectivity index is 1.40. The van der Waals surface area contributed by atoms with Crippen molar-refractivity contribution in [2.24, 2.45) is 0 Å². The molecule has 1 N–H and O–H groups in total. The predicted molar refractivity (Wildman–Crippen MR) is 97.1 cm³/mol. The summed E-state index contributed by atoms with van der Waals surface area (Å²) in [6.07, 6.45) is 3.91. The van der Waals surface area contributed by atoms with Crippen molar-refractivity contribution in [3.8, 4) is 0 Å². The number of carbonyl (C=O) groups is 1. The molecule has 3 aromatic rings. The molecule has 0 bridgehead atoms. The van der Waals surface area contributed by atoms with E-state index in [2.05, 4.69) is 20.6 Å². The molecule has 29 heavy (non-hydrogen) atoms. The highest BCUT2D eigenvalue weighted by Gasteiger charge is 2.38. The molecule has 1 amide bonds. The number of alkyl halides is 3. The molecular weight excluding hydrogens is 387 g/mol. The third kappa shape index (κ3) is 4.49. The van der Waals surface area contributed by atoms with Crippen molar-refractivity contribution in [3.05, 3.63) is 47.8 Å². The lowest BCUT2D eigenvalue weighted by Gasteiger charge is -2.07. The molecule has 4 rings (SSSR count). The van der Waals surface area contributed by atoms with Crippen LogP contribution in [0.1, 0.15) is 42.6 Å². The molecule has 1 fully saturated rings. The second-order valence-electron chi connectivity index (χ2n) is 7.06. The number of hydrogen-bond donors (Lipinski definition) is 1.